The second-order valence-electron chi connectivity index (χ2n) is 7.23. The fourth-order valence-corrected chi connectivity index (χ4v) is 3.71. The number of hydrogen-bond acceptors (Lipinski definition) is 5. The molecule has 1 atom stereocenters. The van der Waals surface area contributed by atoms with Gasteiger partial charge >= 0.3 is 0 Å². The van der Waals surface area contributed by atoms with E-state index in [0.717, 1.165) is 12.8 Å². The molecule has 0 saturated carbocycles. The summed E-state index contributed by atoms with van der Waals surface area (Å²) in [5.74, 6) is -0.0710. The van der Waals surface area contributed by atoms with Crippen molar-refractivity contribution in [3.05, 3.63) is 66.0 Å². The molecule has 31 heavy (non-hydrogen) atoms. The minimum atomic E-state index is -3.83. The molecule has 3 aromatic rings. The van der Waals surface area contributed by atoms with Gasteiger partial charge in [-0.25, -0.2) is 22.9 Å². The summed E-state index contributed by atoms with van der Waals surface area (Å²) in [6.45, 7) is 4.09. The molecule has 0 aliphatic rings. The number of unbranched alkanes of at least 4 members (excludes halogenated alkanes) is 1. The Morgan fingerprint density at radius 2 is 1.71 bits per heavy atom. The molecular weight excluding hydrogens is 419 g/mol. The van der Waals surface area contributed by atoms with Gasteiger partial charge in [-0.2, -0.15) is 0 Å². The van der Waals surface area contributed by atoms with Crippen LogP contribution in [0.2, 0.25) is 0 Å². The van der Waals surface area contributed by atoms with Gasteiger partial charge in [0.2, 0.25) is 15.9 Å². The lowest BCUT2D eigenvalue weighted by Gasteiger charge is -2.19. The lowest BCUT2D eigenvalue weighted by Crippen LogP contribution is -2.12. The van der Waals surface area contributed by atoms with Crippen LogP contribution in [0.4, 0.5) is 4.39 Å². The second-order valence-corrected chi connectivity index (χ2v) is 8.79. The number of hydrogen-bond donors (Lipinski definition) is 2. The van der Waals surface area contributed by atoms with Crippen LogP contribution >= 0.6 is 0 Å². The third kappa shape index (κ3) is 5.46. The van der Waals surface area contributed by atoms with Crippen LogP contribution in [0.5, 0.6) is 5.88 Å². The first kappa shape index (κ1) is 22.9. The highest BCUT2D eigenvalue weighted by molar-refractivity contribution is 7.89. The van der Waals surface area contributed by atoms with Crippen molar-refractivity contribution >= 4 is 10.0 Å². The lowest BCUT2D eigenvalue weighted by atomic mass is 9.95. The second kappa shape index (κ2) is 9.55. The van der Waals surface area contributed by atoms with E-state index in [1.165, 1.54) is 24.3 Å². The fourth-order valence-electron chi connectivity index (χ4n) is 3.19. The number of pyridine rings is 1. The number of aliphatic hydroxyl groups is 1. The maximum Gasteiger partial charge on any atom is 0.238 e. The monoisotopic (exact) mass is 444 g/mol. The summed E-state index contributed by atoms with van der Waals surface area (Å²) < 4.78 is 42.5. The first-order valence-electron chi connectivity index (χ1n) is 9.95. The van der Waals surface area contributed by atoms with Gasteiger partial charge in [0.1, 0.15) is 5.82 Å². The predicted octanol–water partition coefficient (Wildman–Crippen LogP) is 4.43. The number of sulfonamides is 1. The largest absolute Gasteiger partial charge is 0.477 e. The number of halogens is 1. The molecule has 164 valence electrons. The van der Waals surface area contributed by atoms with E-state index in [1.807, 2.05) is 6.92 Å². The molecule has 0 amide bonds. The van der Waals surface area contributed by atoms with Gasteiger partial charge in [0.05, 0.1) is 28.9 Å². The van der Waals surface area contributed by atoms with Crippen LogP contribution in [0, 0.1) is 5.82 Å². The molecular formula is C23H25FN2O4S. The number of ether oxygens (including phenoxy) is 1. The van der Waals surface area contributed by atoms with Crippen LogP contribution in [0.15, 0.2) is 59.5 Å². The third-order valence-corrected chi connectivity index (χ3v) is 5.74. The number of benzene rings is 2. The van der Waals surface area contributed by atoms with Crippen LogP contribution in [0.1, 0.15) is 38.4 Å². The van der Waals surface area contributed by atoms with Crippen molar-refractivity contribution in [3.63, 3.8) is 0 Å². The number of aliphatic hydroxyl groups excluding tert-OH is 1. The number of primary sulfonamides is 1. The molecule has 2 aromatic carbocycles. The Morgan fingerprint density at radius 3 is 2.26 bits per heavy atom. The van der Waals surface area contributed by atoms with Crippen molar-refractivity contribution in [2.24, 2.45) is 5.14 Å². The van der Waals surface area contributed by atoms with E-state index in [1.54, 1.807) is 37.3 Å². The Bertz CT molecular complexity index is 1150. The number of nitrogens with two attached hydrogens (primary N) is 1. The van der Waals surface area contributed by atoms with Crippen LogP contribution in [0.3, 0.4) is 0 Å². The zero-order valence-corrected chi connectivity index (χ0v) is 18.2. The van der Waals surface area contributed by atoms with Crippen molar-refractivity contribution in [2.45, 2.75) is 37.7 Å². The average molecular weight is 445 g/mol. The molecule has 1 unspecified atom stereocenters. The zero-order chi connectivity index (χ0) is 22.6. The molecule has 0 radical (unpaired) electrons. The number of rotatable bonds is 8. The molecule has 6 nitrogen and oxygen atoms in total. The summed E-state index contributed by atoms with van der Waals surface area (Å²) in [6.07, 6.45) is 0.864. The quantitative estimate of drug-likeness (QED) is 0.500. The van der Waals surface area contributed by atoms with Crippen LogP contribution in [0.25, 0.3) is 22.4 Å². The Hall–Kier alpha value is -2.81. The topological polar surface area (TPSA) is 103 Å². The molecule has 0 bridgehead atoms. The van der Waals surface area contributed by atoms with E-state index in [9.17, 15) is 17.9 Å². The summed E-state index contributed by atoms with van der Waals surface area (Å²) in [5, 5.41) is 15.7. The molecule has 0 aliphatic carbocycles. The zero-order valence-electron chi connectivity index (χ0n) is 17.4. The minimum Gasteiger partial charge on any atom is -0.477 e. The summed E-state index contributed by atoms with van der Waals surface area (Å²) >= 11 is 0. The molecule has 0 aliphatic heterocycles. The molecule has 0 spiro atoms. The van der Waals surface area contributed by atoms with Crippen molar-refractivity contribution in [1.82, 2.24) is 4.98 Å². The van der Waals surface area contributed by atoms with Gasteiger partial charge in [0.25, 0.3) is 0 Å². The van der Waals surface area contributed by atoms with Gasteiger partial charge < -0.3 is 9.84 Å². The maximum absolute atomic E-state index is 13.4. The van der Waals surface area contributed by atoms with Crippen molar-refractivity contribution in [2.75, 3.05) is 6.61 Å². The molecule has 1 heterocycles. The Balaban J connectivity index is 2.19. The first-order chi connectivity index (χ1) is 14.7. The third-order valence-electron chi connectivity index (χ3n) is 4.81. The molecule has 8 heteroatoms. The predicted molar refractivity (Wildman–Crippen MR) is 117 cm³/mol. The summed E-state index contributed by atoms with van der Waals surface area (Å²) in [6, 6.07) is 13.7. The van der Waals surface area contributed by atoms with E-state index in [-0.39, 0.29) is 16.6 Å². The maximum atomic E-state index is 13.4. The normalized spacial score (nSPS) is 12.5. The Kier molecular flexibility index (Phi) is 7.04. The highest BCUT2D eigenvalue weighted by atomic mass is 32.2. The molecule has 3 N–H and O–H groups in total. The van der Waals surface area contributed by atoms with Crippen LogP contribution in [-0.4, -0.2) is 25.1 Å². The smallest absolute Gasteiger partial charge is 0.238 e. The first-order valence-corrected chi connectivity index (χ1v) is 11.5. The van der Waals surface area contributed by atoms with Gasteiger partial charge in [-0.3, -0.25) is 0 Å². The summed E-state index contributed by atoms with van der Waals surface area (Å²) in [7, 11) is -3.83. The van der Waals surface area contributed by atoms with Crippen LogP contribution in [-0.2, 0) is 10.0 Å². The molecule has 1 aromatic heterocycles. The van der Waals surface area contributed by atoms with Gasteiger partial charge in [0, 0.05) is 5.56 Å². The van der Waals surface area contributed by atoms with Gasteiger partial charge in [0.15, 0.2) is 0 Å². The van der Waals surface area contributed by atoms with Crippen molar-refractivity contribution in [1.29, 1.82) is 0 Å². The average Bonchev–Trinajstić information content (AvgIpc) is 2.73. The van der Waals surface area contributed by atoms with E-state index in [2.05, 4.69) is 4.98 Å². The van der Waals surface area contributed by atoms with E-state index < -0.39 is 16.1 Å². The van der Waals surface area contributed by atoms with Gasteiger partial charge in [-0.1, -0.05) is 25.5 Å². The number of aromatic nitrogens is 1. The summed E-state index contributed by atoms with van der Waals surface area (Å²) in [5.41, 5.74) is 3.01. The van der Waals surface area contributed by atoms with Crippen LogP contribution < -0.4 is 9.88 Å². The minimum absolute atomic E-state index is 0.0120. The fraction of sp³-hybridized carbons (Fsp3) is 0.261. The van der Waals surface area contributed by atoms with Crippen molar-refractivity contribution in [3.8, 4) is 28.3 Å². The van der Waals surface area contributed by atoms with E-state index in [4.69, 9.17) is 9.88 Å². The molecule has 0 fully saturated rings. The van der Waals surface area contributed by atoms with E-state index in [0.29, 0.717) is 34.6 Å². The molecule has 0 saturated heterocycles. The van der Waals surface area contributed by atoms with Crippen molar-refractivity contribution < 1.29 is 22.7 Å². The standard InChI is InChI=1S/C23H25FN2O4S/c1-3-4-13-30-23-22(15(2)27)20(16-7-11-19(12-8-16)31(25,28)29)14-21(26-23)17-5-9-18(24)10-6-17/h5-12,14-15,27H,3-4,13H2,1-2H3,(H2,25,28,29). The SMILES string of the molecule is CCCCOc1nc(-c2ccc(F)cc2)cc(-c2ccc(S(N)(=O)=O)cc2)c1C(C)O. The summed E-state index contributed by atoms with van der Waals surface area (Å²) in [4.78, 5) is 4.58. The highest BCUT2D eigenvalue weighted by Crippen LogP contribution is 2.38. The lowest BCUT2D eigenvalue weighted by molar-refractivity contribution is 0.189. The molecule has 3 rings (SSSR count). The van der Waals surface area contributed by atoms with Gasteiger partial charge in [-0.05, 0) is 66.9 Å². The highest BCUT2D eigenvalue weighted by Gasteiger charge is 2.21. The van der Waals surface area contributed by atoms with E-state index >= 15 is 0 Å². The van der Waals surface area contributed by atoms with Gasteiger partial charge in [-0.15, -0.1) is 0 Å². The Labute approximate surface area is 181 Å². The number of nitrogens with zero attached hydrogens (tertiary/aromatic N) is 1. The Morgan fingerprint density at radius 1 is 1.10 bits per heavy atom.